The predicted octanol–water partition coefficient (Wildman–Crippen LogP) is 3.54. The van der Waals surface area contributed by atoms with Crippen LogP contribution in [-0.2, 0) is 0 Å². The van der Waals surface area contributed by atoms with Gasteiger partial charge in [-0.25, -0.2) is 9.67 Å². The summed E-state index contributed by atoms with van der Waals surface area (Å²) in [7, 11) is 0. The zero-order valence-corrected chi connectivity index (χ0v) is 17.7. The van der Waals surface area contributed by atoms with Gasteiger partial charge < -0.3 is 10.6 Å². The Hall–Kier alpha value is -1.37. The maximum absolute atomic E-state index is 13.3. The number of carbonyl (C=O) groups excluding carboxylic acids is 1. The standard InChI is InChI=1S/C19H27N5O.2ClH/c1-11(2)24-18-16(9-21-24)15(7-17(22-18)14-4-5-14)19(25)23-10-13(8-20)6-12(23)3;;/h7,9,11-14H,4-6,8,10,20H2,1-3H3;2*1H. The normalized spacial score (nSPS) is 22.0. The van der Waals surface area contributed by atoms with E-state index in [9.17, 15) is 4.79 Å². The fourth-order valence-corrected chi connectivity index (χ4v) is 3.93. The Labute approximate surface area is 172 Å². The Bertz CT molecular complexity index is 818. The Morgan fingerprint density at radius 3 is 2.59 bits per heavy atom. The summed E-state index contributed by atoms with van der Waals surface area (Å²) in [5.74, 6) is 0.998. The molecule has 2 aromatic heterocycles. The monoisotopic (exact) mass is 413 g/mol. The number of pyridine rings is 1. The first-order chi connectivity index (χ1) is 12.0. The molecule has 27 heavy (non-hydrogen) atoms. The lowest BCUT2D eigenvalue weighted by Gasteiger charge is -2.22. The van der Waals surface area contributed by atoms with Crippen molar-refractivity contribution in [3.8, 4) is 0 Å². The molecule has 1 saturated heterocycles. The molecule has 6 nitrogen and oxygen atoms in total. The zero-order valence-electron chi connectivity index (χ0n) is 16.1. The van der Waals surface area contributed by atoms with Crippen LogP contribution in [0.25, 0.3) is 11.0 Å². The summed E-state index contributed by atoms with van der Waals surface area (Å²) in [6, 6.07) is 2.46. The van der Waals surface area contributed by atoms with E-state index >= 15 is 0 Å². The van der Waals surface area contributed by atoms with Gasteiger partial charge in [0.15, 0.2) is 5.65 Å². The van der Waals surface area contributed by atoms with Gasteiger partial charge in [0.25, 0.3) is 5.91 Å². The molecule has 2 aliphatic rings. The molecule has 1 aliphatic heterocycles. The molecule has 0 radical (unpaired) electrons. The van der Waals surface area contributed by atoms with Crippen molar-refractivity contribution in [2.24, 2.45) is 11.7 Å². The Kier molecular flexibility index (Phi) is 6.77. The fourth-order valence-electron chi connectivity index (χ4n) is 3.93. The molecule has 150 valence electrons. The van der Waals surface area contributed by atoms with Gasteiger partial charge in [-0.1, -0.05) is 0 Å². The minimum absolute atomic E-state index is 0. The number of nitrogens with zero attached hydrogens (tertiary/aromatic N) is 4. The van der Waals surface area contributed by atoms with Crippen LogP contribution in [0.4, 0.5) is 0 Å². The van der Waals surface area contributed by atoms with Crippen LogP contribution in [0.3, 0.4) is 0 Å². The maximum atomic E-state index is 13.3. The summed E-state index contributed by atoms with van der Waals surface area (Å²) in [6.07, 6.45) is 5.11. The molecule has 1 aliphatic carbocycles. The van der Waals surface area contributed by atoms with Crippen molar-refractivity contribution < 1.29 is 4.79 Å². The van der Waals surface area contributed by atoms with Crippen LogP contribution in [0.1, 0.15) is 68.0 Å². The number of fused-ring (bicyclic) bond motifs is 1. The zero-order chi connectivity index (χ0) is 17.7. The lowest BCUT2D eigenvalue weighted by atomic mass is 10.1. The highest BCUT2D eigenvalue weighted by molar-refractivity contribution is 6.05. The molecule has 2 aromatic rings. The second-order valence-electron chi connectivity index (χ2n) is 7.93. The summed E-state index contributed by atoms with van der Waals surface area (Å²) >= 11 is 0. The van der Waals surface area contributed by atoms with Gasteiger partial charge in [0, 0.05) is 30.2 Å². The number of carbonyl (C=O) groups is 1. The maximum Gasteiger partial charge on any atom is 0.254 e. The van der Waals surface area contributed by atoms with Gasteiger partial charge in [-0.3, -0.25) is 4.79 Å². The molecule has 3 heterocycles. The summed E-state index contributed by atoms with van der Waals surface area (Å²) < 4.78 is 1.92. The van der Waals surface area contributed by atoms with Crippen molar-refractivity contribution in [3.63, 3.8) is 0 Å². The number of hydrogen-bond acceptors (Lipinski definition) is 4. The van der Waals surface area contributed by atoms with Crippen molar-refractivity contribution in [3.05, 3.63) is 23.5 Å². The third-order valence-corrected chi connectivity index (χ3v) is 5.56. The molecular formula is C19H29Cl2N5O. The highest BCUT2D eigenvalue weighted by atomic mass is 35.5. The van der Waals surface area contributed by atoms with Crippen molar-refractivity contribution in [2.45, 2.75) is 58.0 Å². The van der Waals surface area contributed by atoms with Gasteiger partial charge in [-0.05, 0) is 58.6 Å². The van der Waals surface area contributed by atoms with E-state index in [1.54, 1.807) is 6.20 Å². The van der Waals surface area contributed by atoms with Crippen LogP contribution >= 0.6 is 24.8 Å². The molecule has 1 amide bonds. The lowest BCUT2D eigenvalue weighted by molar-refractivity contribution is 0.0745. The van der Waals surface area contributed by atoms with E-state index < -0.39 is 0 Å². The third-order valence-electron chi connectivity index (χ3n) is 5.56. The van der Waals surface area contributed by atoms with Gasteiger partial charge >= 0.3 is 0 Å². The van der Waals surface area contributed by atoms with Crippen LogP contribution < -0.4 is 5.73 Å². The number of halogens is 2. The van der Waals surface area contributed by atoms with Gasteiger partial charge in [-0.15, -0.1) is 24.8 Å². The molecule has 8 heteroatoms. The minimum Gasteiger partial charge on any atom is -0.336 e. The first-order valence-electron chi connectivity index (χ1n) is 9.38. The second kappa shape index (κ2) is 8.33. The van der Waals surface area contributed by atoms with Crippen LogP contribution in [-0.4, -0.2) is 44.7 Å². The van der Waals surface area contributed by atoms with Crippen LogP contribution in [0.15, 0.2) is 12.3 Å². The molecule has 0 bridgehead atoms. The molecule has 1 saturated carbocycles. The number of rotatable bonds is 4. The minimum atomic E-state index is 0. The highest BCUT2D eigenvalue weighted by Gasteiger charge is 2.34. The van der Waals surface area contributed by atoms with E-state index in [0.29, 0.717) is 18.4 Å². The smallest absolute Gasteiger partial charge is 0.254 e. The number of nitrogens with two attached hydrogens (primary N) is 1. The summed E-state index contributed by atoms with van der Waals surface area (Å²) in [5, 5.41) is 5.37. The van der Waals surface area contributed by atoms with Gasteiger partial charge in [0.05, 0.1) is 17.1 Å². The van der Waals surface area contributed by atoms with E-state index in [2.05, 4.69) is 25.9 Å². The Morgan fingerprint density at radius 1 is 1.33 bits per heavy atom. The second-order valence-corrected chi connectivity index (χ2v) is 7.93. The molecule has 0 aromatic carbocycles. The average Bonchev–Trinajstić information content (AvgIpc) is 3.24. The van der Waals surface area contributed by atoms with Crippen molar-refractivity contribution in [1.82, 2.24) is 19.7 Å². The Balaban J connectivity index is 0.00000131. The van der Waals surface area contributed by atoms with Gasteiger partial charge in [0.2, 0.25) is 0 Å². The molecular weight excluding hydrogens is 385 g/mol. The van der Waals surface area contributed by atoms with E-state index in [1.165, 1.54) is 0 Å². The van der Waals surface area contributed by atoms with Crippen molar-refractivity contribution in [2.75, 3.05) is 13.1 Å². The van der Waals surface area contributed by atoms with Crippen molar-refractivity contribution in [1.29, 1.82) is 0 Å². The van der Waals surface area contributed by atoms with E-state index in [1.807, 2.05) is 15.6 Å². The van der Waals surface area contributed by atoms with Crippen LogP contribution in [0.5, 0.6) is 0 Å². The number of aromatic nitrogens is 3. The molecule has 4 rings (SSSR count). The SMILES string of the molecule is CC1CC(CN)CN1C(=O)c1cc(C2CC2)nc2c1cnn2C(C)C.Cl.Cl. The van der Waals surface area contributed by atoms with Crippen LogP contribution in [0.2, 0.25) is 0 Å². The molecule has 0 spiro atoms. The highest BCUT2D eigenvalue weighted by Crippen LogP contribution is 2.40. The van der Waals surface area contributed by atoms with Crippen molar-refractivity contribution >= 4 is 41.8 Å². The summed E-state index contributed by atoms with van der Waals surface area (Å²) in [5.41, 5.74) is 8.47. The third kappa shape index (κ3) is 3.93. The number of amides is 1. The summed E-state index contributed by atoms with van der Waals surface area (Å²) in [6.45, 7) is 7.68. The largest absolute Gasteiger partial charge is 0.336 e. The van der Waals surface area contributed by atoms with Gasteiger partial charge in [-0.2, -0.15) is 5.10 Å². The molecule has 2 unspecified atom stereocenters. The first-order valence-corrected chi connectivity index (χ1v) is 9.38. The van der Waals surface area contributed by atoms with E-state index in [-0.39, 0.29) is 42.8 Å². The lowest BCUT2D eigenvalue weighted by Crippen LogP contribution is -2.34. The first kappa shape index (κ1) is 21.9. The van der Waals surface area contributed by atoms with Crippen LogP contribution in [0, 0.1) is 5.92 Å². The summed E-state index contributed by atoms with van der Waals surface area (Å²) in [4.78, 5) is 20.2. The quantitative estimate of drug-likeness (QED) is 0.830. The topological polar surface area (TPSA) is 77.0 Å². The fraction of sp³-hybridized carbons (Fsp3) is 0.632. The Morgan fingerprint density at radius 2 is 2.04 bits per heavy atom. The molecule has 2 N–H and O–H groups in total. The van der Waals surface area contributed by atoms with Gasteiger partial charge in [0.1, 0.15) is 0 Å². The predicted molar refractivity (Wildman–Crippen MR) is 112 cm³/mol. The van der Waals surface area contributed by atoms with E-state index in [4.69, 9.17) is 10.7 Å². The number of hydrogen-bond donors (Lipinski definition) is 1. The molecule has 2 fully saturated rings. The molecule has 2 atom stereocenters. The average molecular weight is 414 g/mol. The van der Waals surface area contributed by atoms with E-state index in [0.717, 1.165) is 48.1 Å². The number of likely N-dealkylation sites (tertiary alicyclic amines) is 1.